The minimum atomic E-state index is -1.76. The molecule has 1 fully saturated rings. The Balaban J connectivity index is 2.10. The summed E-state index contributed by atoms with van der Waals surface area (Å²) in [7, 11) is 0. The van der Waals surface area contributed by atoms with E-state index in [9.17, 15) is 15.3 Å². The van der Waals surface area contributed by atoms with Crippen molar-refractivity contribution in [1.29, 1.82) is 0 Å². The summed E-state index contributed by atoms with van der Waals surface area (Å²) in [5.74, 6) is 0. The maximum absolute atomic E-state index is 10.8. The van der Waals surface area contributed by atoms with Crippen molar-refractivity contribution in [3.63, 3.8) is 0 Å². The van der Waals surface area contributed by atoms with Crippen molar-refractivity contribution < 1.29 is 21.4 Å². The van der Waals surface area contributed by atoms with Crippen molar-refractivity contribution in [3.8, 4) is 0 Å². The van der Waals surface area contributed by atoms with Crippen LogP contribution in [0, 0.1) is 0 Å². The fourth-order valence-corrected chi connectivity index (χ4v) is 3.46. The molecule has 1 unspecified atom stereocenters. The van der Waals surface area contributed by atoms with E-state index in [0.717, 1.165) is 0 Å². The Kier molecular flexibility index (Phi) is 3.64. The van der Waals surface area contributed by atoms with Crippen LogP contribution in [0.3, 0.4) is 0 Å². The number of hydrogen-bond donors (Lipinski definition) is 4. The Morgan fingerprint density at radius 1 is 1.59 bits per heavy atom. The number of aromatic nitrogens is 4. The van der Waals surface area contributed by atoms with Crippen molar-refractivity contribution in [3.05, 3.63) is 34.4 Å². The number of hydrogen-bond acceptors (Lipinski definition) is 7. The molecule has 0 bridgehead atoms. The van der Waals surface area contributed by atoms with E-state index in [1.54, 1.807) is 0 Å². The summed E-state index contributed by atoms with van der Waals surface area (Å²) in [5.41, 5.74) is 7.91. The average Bonchev–Trinajstić information content (AvgIpc) is 3.05. The van der Waals surface area contributed by atoms with Gasteiger partial charge in [0, 0.05) is 27.5 Å². The smallest absolute Gasteiger partial charge is 0.167 e. The molecular weight excluding hydrogens is 354 g/mol. The summed E-state index contributed by atoms with van der Waals surface area (Å²) < 4.78 is 15.0. The number of H-pyrrole nitrogens is 1. The van der Waals surface area contributed by atoms with Gasteiger partial charge in [0.2, 0.25) is 0 Å². The Morgan fingerprint density at radius 3 is 3.04 bits per heavy atom. The normalized spacial score (nSPS) is 28.4. The second-order valence-electron chi connectivity index (χ2n) is 6.57. The molecule has 3 aromatic heterocycles. The van der Waals surface area contributed by atoms with E-state index in [-0.39, 0.29) is 23.3 Å². The zero-order chi connectivity index (χ0) is 20.2. The molecule has 140 valence electrons. The van der Waals surface area contributed by atoms with E-state index in [0.29, 0.717) is 16.1 Å². The van der Waals surface area contributed by atoms with E-state index in [2.05, 4.69) is 31.6 Å². The van der Waals surface area contributed by atoms with Gasteiger partial charge in [0.1, 0.15) is 36.8 Å². The number of aliphatic hydroxyl groups is 3. The third-order valence-electron chi connectivity index (χ3n) is 4.77. The van der Waals surface area contributed by atoms with E-state index in [1.165, 1.54) is 23.8 Å². The quantitative estimate of drug-likeness (QED) is 0.297. The van der Waals surface area contributed by atoms with Gasteiger partial charge in [-0.05, 0) is 18.5 Å². The summed E-state index contributed by atoms with van der Waals surface area (Å²) in [4.78, 5) is 14.0. The van der Waals surface area contributed by atoms with Crippen LogP contribution in [-0.2, 0) is 4.74 Å². The van der Waals surface area contributed by atoms with Crippen LogP contribution >= 0.6 is 0 Å². The highest BCUT2D eigenvalue weighted by atomic mass is 16.6. The SMILES string of the molecule is [3H]c1nc2[nH]c(=C)cc(N=[N+]=[N-])c3cn([C@@H]4O[C@H](CO)[C@@H](O)C4(C)O)c(n1)c23. The molecule has 4 heterocycles. The van der Waals surface area contributed by atoms with Gasteiger partial charge < -0.3 is 29.6 Å². The fourth-order valence-electron chi connectivity index (χ4n) is 3.46. The number of aliphatic hydroxyl groups excluding tert-OH is 2. The van der Waals surface area contributed by atoms with Crippen LogP contribution in [0.2, 0.25) is 0 Å². The lowest BCUT2D eigenvalue weighted by Crippen LogP contribution is -2.44. The molecule has 11 nitrogen and oxygen atoms in total. The van der Waals surface area contributed by atoms with Crippen LogP contribution in [0.25, 0.3) is 39.1 Å². The van der Waals surface area contributed by atoms with Crippen molar-refractivity contribution >= 4 is 34.3 Å². The average molecular weight is 373 g/mol. The van der Waals surface area contributed by atoms with Gasteiger partial charge in [0.15, 0.2) is 6.23 Å². The summed E-state index contributed by atoms with van der Waals surface area (Å²) in [6, 6.07) is 1.52. The highest BCUT2D eigenvalue weighted by molar-refractivity contribution is 6.08. The standard InChI is InChI=1S/C16H17N7O4/c1-7-3-9(21-22-17)8-4-23(14-11(8)13(20-7)18-6-19-14)15-16(2,26)12(25)10(5-24)27-15/h3-4,6,10,12,15,24-26H,1,5H2,2H3,(H,18,19,20)/t10-,12-,15-,16?/m1/s1/i6T. The van der Waals surface area contributed by atoms with Gasteiger partial charge in [-0.3, -0.25) is 0 Å². The molecule has 27 heavy (non-hydrogen) atoms. The molecular formula is C16H17N7O4. The van der Waals surface area contributed by atoms with Gasteiger partial charge in [0.25, 0.3) is 0 Å². The van der Waals surface area contributed by atoms with Crippen LogP contribution in [-0.4, -0.2) is 59.3 Å². The topological polar surface area (TPSA) is 165 Å². The summed E-state index contributed by atoms with van der Waals surface area (Å²) in [6.07, 6.45) is -2.23. The number of nitrogens with one attached hydrogen (secondary N) is 1. The molecule has 0 aromatic carbocycles. The Hall–Kier alpha value is -2.95. The van der Waals surface area contributed by atoms with Crippen molar-refractivity contribution in [1.82, 2.24) is 19.5 Å². The molecule has 4 N–H and O–H groups in total. The first-order valence-corrected chi connectivity index (χ1v) is 8.07. The fraction of sp³-hybridized carbons (Fsp3) is 0.375. The third-order valence-corrected chi connectivity index (χ3v) is 4.77. The number of azide groups is 1. The first-order valence-electron chi connectivity index (χ1n) is 8.57. The van der Waals surface area contributed by atoms with Gasteiger partial charge in [-0.1, -0.05) is 11.7 Å². The maximum Gasteiger partial charge on any atom is 0.167 e. The van der Waals surface area contributed by atoms with Crippen molar-refractivity contribution in [2.24, 2.45) is 5.11 Å². The number of aromatic amines is 1. The molecule has 0 saturated carbocycles. The molecule has 4 rings (SSSR count). The minimum absolute atomic E-state index is 0.224. The lowest BCUT2D eigenvalue weighted by atomic mass is 9.96. The van der Waals surface area contributed by atoms with Gasteiger partial charge in [-0.2, -0.15) is 0 Å². The monoisotopic (exact) mass is 373 g/mol. The molecule has 1 aliphatic rings. The molecule has 0 radical (unpaired) electrons. The second kappa shape index (κ2) is 6.05. The highest BCUT2D eigenvalue weighted by Gasteiger charge is 2.53. The van der Waals surface area contributed by atoms with Gasteiger partial charge in [0.05, 0.1) is 12.0 Å². The third kappa shape index (κ3) is 2.49. The van der Waals surface area contributed by atoms with E-state index in [1.807, 2.05) is 0 Å². The van der Waals surface area contributed by atoms with Crippen LogP contribution in [0.5, 0.6) is 0 Å². The lowest BCUT2D eigenvalue weighted by Gasteiger charge is -2.27. The highest BCUT2D eigenvalue weighted by Crippen LogP contribution is 2.41. The predicted molar refractivity (Wildman–Crippen MR) is 95.4 cm³/mol. The zero-order valence-corrected chi connectivity index (χ0v) is 14.2. The minimum Gasteiger partial charge on any atom is -0.394 e. The molecule has 1 saturated heterocycles. The number of ether oxygens (including phenoxy) is 1. The number of nitrogens with zero attached hydrogens (tertiary/aromatic N) is 6. The second-order valence-corrected chi connectivity index (χ2v) is 6.57. The van der Waals surface area contributed by atoms with E-state index in [4.69, 9.17) is 11.6 Å². The van der Waals surface area contributed by atoms with Gasteiger partial charge in [-0.15, -0.1) is 0 Å². The zero-order valence-electron chi connectivity index (χ0n) is 15.2. The Morgan fingerprint density at radius 2 is 2.37 bits per heavy atom. The van der Waals surface area contributed by atoms with Crippen LogP contribution in [0.1, 0.15) is 14.5 Å². The molecule has 0 aliphatic carbocycles. The van der Waals surface area contributed by atoms with Crippen molar-refractivity contribution in [2.45, 2.75) is 31.0 Å². The van der Waals surface area contributed by atoms with E-state index < -0.39 is 30.6 Å². The van der Waals surface area contributed by atoms with Crippen LogP contribution in [0.4, 0.5) is 5.69 Å². The van der Waals surface area contributed by atoms with Gasteiger partial charge >= 0.3 is 0 Å². The van der Waals surface area contributed by atoms with Crippen molar-refractivity contribution in [2.75, 3.05) is 6.61 Å². The van der Waals surface area contributed by atoms with Gasteiger partial charge in [-0.25, -0.2) is 9.97 Å². The summed E-state index contributed by atoms with van der Waals surface area (Å²) >= 11 is 0. The van der Waals surface area contributed by atoms with Crippen LogP contribution in [0.15, 0.2) is 23.7 Å². The first kappa shape index (κ1) is 16.2. The number of rotatable bonds is 3. The Labute approximate surface area is 153 Å². The summed E-state index contributed by atoms with van der Waals surface area (Å²) in [6.45, 7) is 4.70. The Bertz CT molecular complexity index is 1200. The molecule has 1 aliphatic heterocycles. The molecule has 4 atom stereocenters. The van der Waals surface area contributed by atoms with Crippen LogP contribution < -0.4 is 5.35 Å². The lowest BCUT2D eigenvalue weighted by molar-refractivity contribution is -0.0947. The van der Waals surface area contributed by atoms with E-state index >= 15 is 0 Å². The predicted octanol–water partition coefficient (Wildman–Crippen LogP) is 0.547. The molecule has 3 aromatic rings. The molecule has 0 spiro atoms. The first-order chi connectivity index (χ1) is 13.3. The largest absolute Gasteiger partial charge is 0.394 e. The summed E-state index contributed by atoms with van der Waals surface area (Å²) in [5, 5.41) is 35.5. The molecule has 0 amide bonds. The maximum atomic E-state index is 10.8. The molecule has 11 heteroatoms.